The van der Waals surface area contributed by atoms with Gasteiger partial charge in [0.25, 0.3) is 11.7 Å². The average Bonchev–Trinajstić information content (AvgIpc) is 2.96. The molecule has 1 heterocycles. The third-order valence-electron chi connectivity index (χ3n) is 3.70. The Labute approximate surface area is 127 Å². The van der Waals surface area contributed by atoms with E-state index >= 15 is 0 Å². The zero-order valence-electron chi connectivity index (χ0n) is 12.2. The maximum atomic E-state index is 12.1. The highest BCUT2D eigenvalue weighted by atomic mass is 32.2. The molecule has 21 heavy (non-hydrogen) atoms. The summed E-state index contributed by atoms with van der Waals surface area (Å²) >= 11 is 0.446. The van der Waals surface area contributed by atoms with Gasteiger partial charge in [0.2, 0.25) is 0 Å². The highest BCUT2D eigenvalue weighted by molar-refractivity contribution is 7.98. The summed E-state index contributed by atoms with van der Waals surface area (Å²) in [6.45, 7) is 4.25. The number of nitrogens with one attached hydrogen (secondary N) is 1. The molecule has 120 valence electrons. The average molecular weight is 321 g/mol. The molecule has 1 rings (SSSR count). The number of hydrogen-bond acceptors (Lipinski definition) is 4. The molecular weight excluding hydrogens is 300 g/mol. The topological polar surface area (TPSA) is 62.5 Å². The molecule has 1 aromatic heterocycles. The highest BCUT2D eigenvalue weighted by Crippen LogP contribution is 2.25. The van der Waals surface area contributed by atoms with Crippen molar-refractivity contribution < 1.29 is 23.1 Å². The molecule has 0 fully saturated rings. The van der Waals surface area contributed by atoms with Crippen LogP contribution in [0.2, 0.25) is 0 Å². The first-order valence-corrected chi connectivity index (χ1v) is 7.88. The molecule has 4 nitrogen and oxygen atoms in total. The van der Waals surface area contributed by atoms with Crippen molar-refractivity contribution in [2.45, 2.75) is 38.2 Å². The Bertz CT molecular complexity index is 439. The van der Waals surface area contributed by atoms with Gasteiger partial charge < -0.3 is 14.8 Å². The van der Waals surface area contributed by atoms with Crippen LogP contribution in [0.3, 0.4) is 0 Å². The van der Waals surface area contributed by atoms with Gasteiger partial charge >= 0.3 is 0 Å². The molecule has 0 bridgehead atoms. The van der Waals surface area contributed by atoms with Gasteiger partial charge in [0.05, 0.1) is 12.4 Å². The largest absolute Gasteiger partial charge is 0.455 e. The van der Waals surface area contributed by atoms with Crippen LogP contribution < -0.4 is 5.32 Å². The van der Waals surface area contributed by atoms with Gasteiger partial charge in [-0.2, -0.15) is 8.78 Å². The molecule has 0 saturated heterocycles. The van der Waals surface area contributed by atoms with Crippen LogP contribution in [0.25, 0.3) is 0 Å². The van der Waals surface area contributed by atoms with E-state index in [1.807, 2.05) is 13.8 Å². The number of thioether (sulfide) groups is 1. The number of furan rings is 1. The normalized spacial score (nSPS) is 11.9. The maximum Gasteiger partial charge on any atom is 0.287 e. The Morgan fingerprint density at radius 2 is 2.10 bits per heavy atom. The maximum absolute atomic E-state index is 12.1. The molecule has 0 aliphatic rings. The quantitative estimate of drug-likeness (QED) is 0.733. The number of aliphatic hydroxyl groups is 1. The van der Waals surface area contributed by atoms with Crippen molar-refractivity contribution >= 4 is 17.7 Å². The number of alkyl halides is 2. The van der Waals surface area contributed by atoms with Gasteiger partial charge in [-0.1, -0.05) is 25.6 Å². The molecule has 0 aliphatic carbocycles. The summed E-state index contributed by atoms with van der Waals surface area (Å²) in [6.07, 6.45) is 1.49. The second-order valence-electron chi connectivity index (χ2n) is 4.89. The minimum absolute atomic E-state index is 0.00524. The molecule has 0 atom stereocenters. The molecule has 0 spiro atoms. The zero-order chi connectivity index (χ0) is 15.9. The van der Waals surface area contributed by atoms with Crippen LogP contribution in [0.15, 0.2) is 16.5 Å². The standard InChI is InChI=1S/C14H21F2NO3S/c1-3-14(4-2,9-18)8-17-12(19)11-6-5-10(20-11)7-21-13(15)16/h5-6,13,18H,3-4,7-9H2,1-2H3,(H,17,19). The minimum Gasteiger partial charge on any atom is -0.455 e. The molecule has 1 amide bonds. The van der Waals surface area contributed by atoms with E-state index in [2.05, 4.69) is 5.32 Å². The predicted octanol–water partition coefficient (Wildman–Crippen LogP) is 3.26. The van der Waals surface area contributed by atoms with Crippen LogP contribution in [-0.2, 0) is 5.75 Å². The number of rotatable bonds is 9. The summed E-state index contributed by atoms with van der Waals surface area (Å²) in [6, 6.07) is 2.98. The lowest BCUT2D eigenvalue weighted by Crippen LogP contribution is -2.39. The van der Waals surface area contributed by atoms with Crippen molar-refractivity contribution in [1.29, 1.82) is 0 Å². The SMILES string of the molecule is CCC(CC)(CO)CNC(=O)c1ccc(CSC(F)F)o1. The lowest BCUT2D eigenvalue weighted by Gasteiger charge is -2.29. The van der Waals surface area contributed by atoms with Gasteiger partial charge in [0.15, 0.2) is 5.76 Å². The minimum atomic E-state index is -2.47. The Hall–Kier alpha value is -1.08. The van der Waals surface area contributed by atoms with Gasteiger partial charge in [-0.3, -0.25) is 4.79 Å². The van der Waals surface area contributed by atoms with E-state index in [1.54, 1.807) is 0 Å². The van der Waals surface area contributed by atoms with E-state index in [0.29, 0.717) is 24.1 Å². The van der Waals surface area contributed by atoms with Crippen molar-refractivity contribution in [3.05, 3.63) is 23.7 Å². The number of carbonyl (C=O) groups excluding carboxylic acids is 1. The Morgan fingerprint density at radius 3 is 2.62 bits per heavy atom. The van der Waals surface area contributed by atoms with E-state index in [4.69, 9.17) is 4.42 Å². The van der Waals surface area contributed by atoms with E-state index in [1.165, 1.54) is 12.1 Å². The molecule has 2 N–H and O–H groups in total. The summed E-state index contributed by atoms with van der Waals surface area (Å²) in [5.41, 5.74) is -0.337. The third kappa shape index (κ3) is 5.32. The number of halogens is 2. The van der Waals surface area contributed by atoms with E-state index in [9.17, 15) is 18.7 Å². The molecule has 0 saturated carbocycles. The van der Waals surface area contributed by atoms with Crippen molar-refractivity contribution in [1.82, 2.24) is 5.32 Å². The van der Waals surface area contributed by atoms with Gasteiger partial charge in [-0.25, -0.2) is 0 Å². The van der Waals surface area contributed by atoms with Crippen LogP contribution in [0, 0.1) is 5.41 Å². The molecule has 0 aliphatic heterocycles. The first-order chi connectivity index (χ1) is 9.96. The molecule has 7 heteroatoms. The van der Waals surface area contributed by atoms with E-state index in [0.717, 1.165) is 12.8 Å². The third-order valence-corrected chi connectivity index (χ3v) is 4.40. The summed E-state index contributed by atoms with van der Waals surface area (Å²) in [5.74, 6) is -2.41. The second kappa shape index (κ2) is 8.38. The molecule has 0 unspecified atom stereocenters. The summed E-state index contributed by atoms with van der Waals surface area (Å²) in [4.78, 5) is 11.9. The first kappa shape index (κ1) is 18.0. The lowest BCUT2D eigenvalue weighted by atomic mass is 9.83. The smallest absolute Gasteiger partial charge is 0.287 e. The van der Waals surface area contributed by atoms with Crippen molar-refractivity contribution in [2.24, 2.45) is 5.41 Å². The highest BCUT2D eigenvalue weighted by Gasteiger charge is 2.26. The monoisotopic (exact) mass is 321 g/mol. The van der Waals surface area contributed by atoms with E-state index in [-0.39, 0.29) is 23.5 Å². The fourth-order valence-corrected chi connectivity index (χ4v) is 2.30. The second-order valence-corrected chi connectivity index (χ2v) is 5.86. The zero-order valence-corrected chi connectivity index (χ0v) is 13.0. The lowest BCUT2D eigenvalue weighted by molar-refractivity contribution is 0.0826. The summed E-state index contributed by atoms with van der Waals surface area (Å²) < 4.78 is 29.4. The summed E-state index contributed by atoms with van der Waals surface area (Å²) in [5, 5.41) is 12.2. The van der Waals surface area contributed by atoms with Crippen LogP contribution in [0.5, 0.6) is 0 Å². The molecule has 1 aromatic rings. The van der Waals surface area contributed by atoms with Gasteiger partial charge in [-0.15, -0.1) is 0 Å². The number of carbonyl (C=O) groups is 1. The Morgan fingerprint density at radius 1 is 1.43 bits per heavy atom. The first-order valence-electron chi connectivity index (χ1n) is 6.84. The fraction of sp³-hybridized carbons (Fsp3) is 0.643. The Balaban J connectivity index is 2.56. The van der Waals surface area contributed by atoms with Gasteiger partial charge in [0.1, 0.15) is 5.76 Å². The molecule has 0 aromatic carbocycles. The predicted molar refractivity (Wildman–Crippen MR) is 78.4 cm³/mol. The molecule has 0 radical (unpaired) electrons. The van der Waals surface area contributed by atoms with Crippen LogP contribution in [0.1, 0.15) is 43.0 Å². The van der Waals surface area contributed by atoms with Gasteiger partial charge in [0, 0.05) is 12.0 Å². The summed E-state index contributed by atoms with van der Waals surface area (Å²) in [7, 11) is 0. The van der Waals surface area contributed by atoms with E-state index < -0.39 is 11.7 Å². The Kier molecular flexibility index (Phi) is 7.17. The number of hydrogen-bond donors (Lipinski definition) is 2. The van der Waals surface area contributed by atoms with Crippen molar-refractivity contribution in [3.8, 4) is 0 Å². The number of amides is 1. The van der Waals surface area contributed by atoms with Crippen LogP contribution in [0.4, 0.5) is 8.78 Å². The molecular formula is C14H21F2NO3S. The van der Waals surface area contributed by atoms with Crippen molar-refractivity contribution in [3.63, 3.8) is 0 Å². The van der Waals surface area contributed by atoms with Crippen LogP contribution >= 0.6 is 11.8 Å². The fourth-order valence-electron chi connectivity index (χ4n) is 1.86. The van der Waals surface area contributed by atoms with Gasteiger partial charge in [-0.05, 0) is 25.0 Å². The number of aliphatic hydroxyl groups excluding tert-OH is 1. The van der Waals surface area contributed by atoms with Crippen molar-refractivity contribution in [2.75, 3.05) is 13.2 Å². The van der Waals surface area contributed by atoms with Crippen LogP contribution in [-0.4, -0.2) is 29.9 Å².